The Hall–Kier alpha value is -3.48. The summed E-state index contributed by atoms with van der Waals surface area (Å²) in [4.78, 5) is 22.3. The Morgan fingerprint density at radius 2 is 1.92 bits per heavy atom. The molecule has 0 spiro atoms. The second-order valence-electron chi connectivity index (χ2n) is 5.08. The number of carbonyl (C=O) groups is 1. The number of rotatable bonds is 5. The summed E-state index contributed by atoms with van der Waals surface area (Å²) in [5.41, 5.74) is 1.63. The third-order valence-corrected chi connectivity index (χ3v) is 3.30. The van der Waals surface area contributed by atoms with Crippen LogP contribution in [-0.2, 0) is 11.2 Å². The normalized spacial score (nSPS) is 10.3. The Morgan fingerprint density at radius 1 is 1.12 bits per heavy atom. The topological polar surface area (TPSA) is 98.3 Å². The van der Waals surface area contributed by atoms with E-state index in [1.165, 1.54) is 18.2 Å². The Balaban J connectivity index is 1.66. The van der Waals surface area contributed by atoms with Crippen LogP contribution in [0.3, 0.4) is 0 Å². The van der Waals surface area contributed by atoms with E-state index in [2.05, 4.69) is 10.5 Å². The molecule has 0 aliphatic carbocycles. The lowest BCUT2D eigenvalue weighted by Gasteiger charge is -2.03. The first kappa shape index (κ1) is 15.4. The maximum atomic E-state index is 12.0. The maximum Gasteiger partial charge on any atom is 0.271 e. The number of nitrogens with zero attached hydrogens (tertiary/aromatic N) is 2. The molecule has 2 aromatic carbocycles. The molecule has 0 bridgehead atoms. The van der Waals surface area contributed by atoms with Crippen LogP contribution in [0.5, 0.6) is 0 Å². The van der Waals surface area contributed by atoms with Crippen molar-refractivity contribution in [1.29, 1.82) is 0 Å². The van der Waals surface area contributed by atoms with Crippen LogP contribution in [0.15, 0.2) is 65.2 Å². The van der Waals surface area contributed by atoms with Crippen molar-refractivity contribution in [2.75, 3.05) is 5.32 Å². The van der Waals surface area contributed by atoms with E-state index in [0.717, 1.165) is 5.56 Å². The van der Waals surface area contributed by atoms with Crippen molar-refractivity contribution in [2.45, 2.75) is 6.42 Å². The number of hydrogen-bond acceptors (Lipinski definition) is 5. The van der Waals surface area contributed by atoms with Gasteiger partial charge in [-0.25, -0.2) is 0 Å². The number of amides is 1. The van der Waals surface area contributed by atoms with E-state index in [-0.39, 0.29) is 18.0 Å². The number of non-ortho nitro benzene ring substituents is 1. The average molecular weight is 323 g/mol. The third-order valence-electron chi connectivity index (χ3n) is 3.30. The van der Waals surface area contributed by atoms with E-state index in [0.29, 0.717) is 17.1 Å². The summed E-state index contributed by atoms with van der Waals surface area (Å²) in [6, 6.07) is 16.9. The van der Waals surface area contributed by atoms with Crippen LogP contribution in [0, 0.1) is 10.1 Å². The second-order valence-corrected chi connectivity index (χ2v) is 5.08. The number of nitrogens with one attached hydrogen (secondary N) is 1. The molecule has 7 nitrogen and oxygen atoms in total. The van der Waals surface area contributed by atoms with Crippen molar-refractivity contribution in [3.8, 4) is 11.3 Å². The van der Waals surface area contributed by atoms with Crippen LogP contribution >= 0.6 is 0 Å². The summed E-state index contributed by atoms with van der Waals surface area (Å²) in [5, 5.41) is 17.2. The largest absolute Gasteiger partial charge is 0.356 e. The maximum absolute atomic E-state index is 12.0. The smallest absolute Gasteiger partial charge is 0.271 e. The summed E-state index contributed by atoms with van der Waals surface area (Å²) in [6.45, 7) is 0. The highest BCUT2D eigenvalue weighted by Crippen LogP contribution is 2.21. The van der Waals surface area contributed by atoms with E-state index in [1.54, 1.807) is 12.1 Å². The third kappa shape index (κ3) is 3.64. The first-order chi connectivity index (χ1) is 11.6. The molecule has 3 aromatic rings. The van der Waals surface area contributed by atoms with E-state index in [1.807, 2.05) is 30.3 Å². The van der Waals surface area contributed by atoms with Gasteiger partial charge < -0.3 is 9.84 Å². The minimum absolute atomic E-state index is 0.0129. The molecule has 0 fully saturated rings. The van der Waals surface area contributed by atoms with Crippen molar-refractivity contribution in [3.63, 3.8) is 0 Å². The van der Waals surface area contributed by atoms with Gasteiger partial charge >= 0.3 is 0 Å². The Bertz CT molecular complexity index is 874. The Morgan fingerprint density at radius 3 is 2.67 bits per heavy atom. The molecule has 3 rings (SSSR count). The summed E-state index contributed by atoms with van der Waals surface area (Å²) in [7, 11) is 0. The van der Waals surface area contributed by atoms with Gasteiger partial charge in [0.1, 0.15) is 0 Å². The van der Waals surface area contributed by atoms with Crippen LogP contribution in [0.4, 0.5) is 11.4 Å². The molecular formula is C17H13N3O4. The summed E-state index contributed by atoms with van der Waals surface area (Å²) < 4.78 is 5.23. The minimum atomic E-state index is -0.514. The van der Waals surface area contributed by atoms with Gasteiger partial charge in [0.2, 0.25) is 5.91 Å². The van der Waals surface area contributed by atoms with Crippen molar-refractivity contribution < 1.29 is 14.2 Å². The monoisotopic (exact) mass is 323 g/mol. The SMILES string of the molecule is O=C(Cc1cc(-c2ccccc2)on1)Nc1cccc([N+](=O)[O-])c1. The number of nitro benzene ring substituents is 1. The van der Waals surface area contributed by atoms with Gasteiger partial charge in [-0.15, -0.1) is 0 Å². The van der Waals surface area contributed by atoms with Crippen molar-refractivity contribution in [3.05, 3.63) is 76.5 Å². The van der Waals surface area contributed by atoms with Gasteiger partial charge in [0.25, 0.3) is 5.69 Å². The van der Waals surface area contributed by atoms with Crippen LogP contribution in [0.25, 0.3) is 11.3 Å². The number of aromatic nitrogens is 1. The highest BCUT2D eigenvalue weighted by molar-refractivity contribution is 5.92. The molecule has 0 atom stereocenters. The minimum Gasteiger partial charge on any atom is -0.356 e. The molecule has 1 aromatic heterocycles. The first-order valence-electron chi connectivity index (χ1n) is 7.17. The van der Waals surface area contributed by atoms with Crippen LogP contribution in [-0.4, -0.2) is 16.0 Å². The lowest BCUT2D eigenvalue weighted by atomic mass is 10.1. The molecule has 7 heteroatoms. The molecule has 24 heavy (non-hydrogen) atoms. The molecule has 1 N–H and O–H groups in total. The van der Waals surface area contributed by atoms with Crippen LogP contribution in [0.2, 0.25) is 0 Å². The summed E-state index contributed by atoms with van der Waals surface area (Å²) in [5.74, 6) is 0.247. The van der Waals surface area contributed by atoms with Gasteiger partial charge in [0, 0.05) is 29.4 Å². The number of nitro groups is 1. The van der Waals surface area contributed by atoms with E-state index < -0.39 is 4.92 Å². The van der Waals surface area contributed by atoms with Crippen molar-refractivity contribution in [2.24, 2.45) is 0 Å². The lowest BCUT2D eigenvalue weighted by Crippen LogP contribution is -2.14. The van der Waals surface area contributed by atoms with Gasteiger partial charge in [-0.05, 0) is 6.07 Å². The molecule has 0 saturated carbocycles. The van der Waals surface area contributed by atoms with Crippen LogP contribution < -0.4 is 5.32 Å². The van der Waals surface area contributed by atoms with E-state index in [4.69, 9.17) is 4.52 Å². The molecule has 1 amide bonds. The highest BCUT2D eigenvalue weighted by Gasteiger charge is 2.12. The van der Waals surface area contributed by atoms with E-state index in [9.17, 15) is 14.9 Å². The van der Waals surface area contributed by atoms with E-state index >= 15 is 0 Å². The summed E-state index contributed by atoms with van der Waals surface area (Å²) in [6.07, 6.45) is 0.0129. The fourth-order valence-corrected chi connectivity index (χ4v) is 2.20. The van der Waals surface area contributed by atoms with Crippen LogP contribution in [0.1, 0.15) is 5.69 Å². The van der Waals surface area contributed by atoms with Gasteiger partial charge in [-0.2, -0.15) is 0 Å². The number of benzene rings is 2. The van der Waals surface area contributed by atoms with Gasteiger partial charge in [-0.1, -0.05) is 41.6 Å². The molecule has 0 unspecified atom stereocenters. The Kier molecular flexibility index (Phi) is 4.33. The first-order valence-corrected chi connectivity index (χ1v) is 7.17. The molecule has 120 valence electrons. The molecule has 0 aliphatic heterocycles. The molecule has 1 heterocycles. The van der Waals surface area contributed by atoms with Gasteiger partial charge in [-0.3, -0.25) is 14.9 Å². The standard InChI is InChI=1S/C17H13N3O4/c21-17(18-13-7-4-8-15(9-13)20(22)23)11-14-10-16(24-19-14)12-5-2-1-3-6-12/h1-10H,11H2,(H,18,21). The zero-order chi connectivity index (χ0) is 16.9. The van der Waals surface area contributed by atoms with Gasteiger partial charge in [0.15, 0.2) is 5.76 Å². The number of anilines is 1. The molecule has 0 aliphatic rings. The predicted molar refractivity (Wildman–Crippen MR) is 87.4 cm³/mol. The molecule has 0 radical (unpaired) electrons. The lowest BCUT2D eigenvalue weighted by molar-refractivity contribution is -0.384. The zero-order valence-corrected chi connectivity index (χ0v) is 12.5. The zero-order valence-electron chi connectivity index (χ0n) is 12.5. The summed E-state index contributed by atoms with van der Waals surface area (Å²) >= 11 is 0. The fraction of sp³-hybridized carbons (Fsp3) is 0.0588. The Labute approximate surface area is 137 Å². The second kappa shape index (κ2) is 6.74. The van der Waals surface area contributed by atoms with Gasteiger partial charge in [0.05, 0.1) is 17.0 Å². The van der Waals surface area contributed by atoms with Crippen molar-refractivity contribution in [1.82, 2.24) is 5.16 Å². The van der Waals surface area contributed by atoms with Crippen molar-refractivity contribution >= 4 is 17.3 Å². The number of carbonyl (C=O) groups excluding carboxylic acids is 1. The molecular weight excluding hydrogens is 310 g/mol. The fourth-order valence-electron chi connectivity index (χ4n) is 2.20. The average Bonchev–Trinajstić information content (AvgIpc) is 3.04. The quantitative estimate of drug-likeness (QED) is 0.573. The predicted octanol–water partition coefficient (Wildman–Crippen LogP) is 3.43. The molecule has 0 saturated heterocycles. The number of hydrogen-bond donors (Lipinski definition) is 1. The highest BCUT2D eigenvalue weighted by atomic mass is 16.6.